The Balaban J connectivity index is 2.64. The van der Waals surface area contributed by atoms with Crippen molar-refractivity contribution in [3.63, 3.8) is 0 Å². The molecule has 3 heterocycles. The summed E-state index contributed by atoms with van der Waals surface area (Å²) in [6, 6.07) is 5.40. The fourth-order valence-corrected chi connectivity index (χ4v) is 1.73. The Morgan fingerprint density at radius 3 is 2.88 bits per heavy atom. The van der Waals surface area contributed by atoms with Crippen LogP contribution in [0.5, 0.6) is 0 Å². The lowest BCUT2D eigenvalue weighted by atomic mass is 10.3. The molecule has 0 aromatic carbocycles. The molecule has 6 nitrogen and oxygen atoms in total. The Bertz CT molecular complexity index is 803. The van der Waals surface area contributed by atoms with E-state index in [9.17, 15) is 9.59 Å². The first-order valence-electron chi connectivity index (χ1n) is 5.01. The number of nitrogens with zero attached hydrogens (tertiary/aromatic N) is 4. The Morgan fingerprint density at radius 1 is 1.24 bits per heavy atom. The molecule has 0 aliphatic carbocycles. The Labute approximate surface area is 95.2 Å². The number of rotatable bonds is 0. The quantitative estimate of drug-likeness (QED) is 0.503. The number of hydrogen-bond donors (Lipinski definition) is 0. The van der Waals surface area contributed by atoms with Gasteiger partial charge in [-0.1, -0.05) is 6.07 Å². The molecule has 0 unspecified atom stereocenters. The minimum Gasteiger partial charge on any atom is -0.285 e. The second-order valence-corrected chi connectivity index (χ2v) is 3.68. The molecule has 0 spiro atoms. The summed E-state index contributed by atoms with van der Waals surface area (Å²) < 4.78 is 2.59. The standard InChI is InChI=1S/C11H8N4O2/c1-14-10(16)7-6-12-8-4-2-3-5-15(8)9(7)13-11(14)17/h2-6H,1H3. The topological polar surface area (TPSA) is 69.3 Å². The number of hydrogen-bond acceptors (Lipinski definition) is 4. The van der Waals surface area contributed by atoms with E-state index >= 15 is 0 Å². The SMILES string of the molecule is Cn1c(=O)nc2n3ccccc3ncc-2c1=O. The van der Waals surface area contributed by atoms with E-state index < -0.39 is 5.69 Å². The van der Waals surface area contributed by atoms with E-state index in [1.54, 1.807) is 22.7 Å². The van der Waals surface area contributed by atoms with Gasteiger partial charge in [-0.3, -0.25) is 13.8 Å². The van der Waals surface area contributed by atoms with Gasteiger partial charge in [0.15, 0.2) is 5.82 Å². The van der Waals surface area contributed by atoms with E-state index in [4.69, 9.17) is 0 Å². The van der Waals surface area contributed by atoms with Crippen LogP contribution in [0.2, 0.25) is 0 Å². The molecule has 0 N–H and O–H groups in total. The lowest BCUT2D eigenvalue weighted by Crippen LogP contribution is -2.35. The smallest absolute Gasteiger partial charge is 0.285 e. The van der Waals surface area contributed by atoms with Crippen molar-refractivity contribution in [3.8, 4) is 11.4 Å². The zero-order valence-electron chi connectivity index (χ0n) is 8.99. The van der Waals surface area contributed by atoms with Crippen molar-refractivity contribution in [1.29, 1.82) is 0 Å². The minimum atomic E-state index is -0.564. The first-order chi connectivity index (χ1) is 8.18. The van der Waals surface area contributed by atoms with E-state index in [0.717, 1.165) is 4.57 Å². The lowest BCUT2D eigenvalue weighted by molar-refractivity contribution is 0.765. The lowest BCUT2D eigenvalue weighted by Gasteiger charge is -2.09. The van der Waals surface area contributed by atoms with Crippen molar-refractivity contribution in [2.24, 2.45) is 7.05 Å². The number of pyridine rings is 1. The van der Waals surface area contributed by atoms with Crippen LogP contribution >= 0.6 is 0 Å². The largest absolute Gasteiger partial charge is 0.352 e. The minimum absolute atomic E-state index is 0.329. The molecular weight excluding hydrogens is 220 g/mol. The van der Waals surface area contributed by atoms with Crippen molar-refractivity contribution in [2.45, 2.75) is 0 Å². The Morgan fingerprint density at radius 2 is 2.06 bits per heavy atom. The van der Waals surface area contributed by atoms with E-state index in [0.29, 0.717) is 17.0 Å². The van der Waals surface area contributed by atoms with Crippen molar-refractivity contribution in [3.05, 3.63) is 51.4 Å². The third-order valence-electron chi connectivity index (χ3n) is 2.66. The third kappa shape index (κ3) is 1.27. The van der Waals surface area contributed by atoms with Crippen LogP contribution in [-0.4, -0.2) is 18.9 Å². The van der Waals surface area contributed by atoms with Gasteiger partial charge in [0, 0.05) is 19.4 Å². The molecule has 2 aliphatic rings. The predicted octanol–water partition coefficient (Wildman–Crippen LogP) is -0.107. The van der Waals surface area contributed by atoms with Crippen LogP contribution in [0.15, 0.2) is 40.2 Å². The maximum atomic E-state index is 11.9. The van der Waals surface area contributed by atoms with Crippen LogP contribution in [0.25, 0.3) is 17.0 Å². The van der Waals surface area contributed by atoms with Crippen LogP contribution in [0, 0.1) is 0 Å². The third-order valence-corrected chi connectivity index (χ3v) is 2.66. The molecule has 17 heavy (non-hydrogen) atoms. The van der Waals surface area contributed by atoms with Crippen LogP contribution in [-0.2, 0) is 7.05 Å². The fourth-order valence-electron chi connectivity index (χ4n) is 1.73. The molecule has 0 atom stereocenters. The van der Waals surface area contributed by atoms with Gasteiger partial charge in [-0.25, -0.2) is 9.78 Å². The van der Waals surface area contributed by atoms with Crippen molar-refractivity contribution in [1.82, 2.24) is 18.9 Å². The maximum absolute atomic E-state index is 11.9. The highest BCUT2D eigenvalue weighted by Gasteiger charge is 2.15. The summed E-state index contributed by atoms with van der Waals surface area (Å²) in [7, 11) is 1.40. The van der Waals surface area contributed by atoms with E-state index in [1.807, 2.05) is 6.07 Å². The molecule has 2 aliphatic heterocycles. The highest BCUT2D eigenvalue weighted by Crippen LogP contribution is 2.13. The summed E-state index contributed by atoms with van der Waals surface area (Å²) in [6.45, 7) is 0. The molecule has 0 bridgehead atoms. The van der Waals surface area contributed by atoms with Gasteiger partial charge in [0.2, 0.25) is 0 Å². The monoisotopic (exact) mass is 228 g/mol. The van der Waals surface area contributed by atoms with Gasteiger partial charge in [-0.15, -0.1) is 0 Å². The summed E-state index contributed by atoms with van der Waals surface area (Å²) in [5.74, 6) is 0.337. The zero-order valence-corrected chi connectivity index (χ0v) is 8.99. The molecular formula is C11H8N4O2. The second kappa shape index (κ2) is 3.24. The summed E-state index contributed by atoms with van der Waals surface area (Å²) in [5.41, 5.74) is 0.0214. The number of aromatic nitrogens is 4. The first-order valence-corrected chi connectivity index (χ1v) is 5.01. The van der Waals surface area contributed by atoms with Gasteiger partial charge < -0.3 is 0 Å². The van der Waals surface area contributed by atoms with E-state index in [2.05, 4.69) is 9.97 Å². The molecule has 6 heteroatoms. The zero-order chi connectivity index (χ0) is 12.0. The van der Waals surface area contributed by atoms with Gasteiger partial charge in [0.1, 0.15) is 11.2 Å². The van der Waals surface area contributed by atoms with Gasteiger partial charge in [-0.2, -0.15) is 4.98 Å². The van der Waals surface area contributed by atoms with Crippen molar-refractivity contribution >= 4 is 5.65 Å². The van der Waals surface area contributed by atoms with Gasteiger partial charge in [0.05, 0.1) is 0 Å². The maximum Gasteiger partial charge on any atom is 0.352 e. The van der Waals surface area contributed by atoms with E-state index in [-0.39, 0.29) is 5.56 Å². The molecule has 0 radical (unpaired) electrons. The van der Waals surface area contributed by atoms with Crippen molar-refractivity contribution < 1.29 is 0 Å². The molecule has 0 amide bonds. The highest BCUT2D eigenvalue weighted by atomic mass is 16.2. The van der Waals surface area contributed by atoms with Crippen LogP contribution in [0.3, 0.4) is 0 Å². The number of fused-ring (bicyclic) bond motifs is 3. The van der Waals surface area contributed by atoms with Gasteiger partial charge in [-0.05, 0) is 12.1 Å². The first kappa shape index (κ1) is 9.71. The van der Waals surface area contributed by atoms with Crippen LogP contribution in [0.1, 0.15) is 0 Å². The Hall–Kier alpha value is -2.50. The molecule has 0 fully saturated rings. The summed E-state index contributed by atoms with van der Waals surface area (Å²) in [4.78, 5) is 31.4. The highest BCUT2D eigenvalue weighted by molar-refractivity contribution is 5.58. The normalized spacial score (nSPS) is 11.1. The van der Waals surface area contributed by atoms with Gasteiger partial charge >= 0.3 is 5.69 Å². The molecule has 0 saturated heterocycles. The molecule has 0 saturated carbocycles. The molecule has 1 aromatic rings. The molecule has 3 rings (SSSR count). The van der Waals surface area contributed by atoms with Crippen molar-refractivity contribution in [2.75, 3.05) is 0 Å². The summed E-state index contributed by atoms with van der Waals surface area (Å²) in [6.07, 6.45) is 3.16. The van der Waals surface area contributed by atoms with Gasteiger partial charge in [0.25, 0.3) is 5.56 Å². The average molecular weight is 228 g/mol. The molecule has 84 valence electrons. The Kier molecular flexibility index (Phi) is 1.85. The molecule has 1 aromatic heterocycles. The predicted molar refractivity (Wildman–Crippen MR) is 61.1 cm³/mol. The summed E-state index contributed by atoms with van der Waals surface area (Å²) >= 11 is 0. The average Bonchev–Trinajstić information content (AvgIpc) is 2.36. The second-order valence-electron chi connectivity index (χ2n) is 3.68. The fraction of sp³-hybridized carbons (Fsp3) is 0.0909. The summed E-state index contributed by atoms with van der Waals surface area (Å²) in [5, 5.41) is 0. The van der Waals surface area contributed by atoms with Crippen LogP contribution in [0.4, 0.5) is 0 Å². The van der Waals surface area contributed by atoms with E-state index in [1.165, 1.54) is 13.2 Å². The van der Waals surface area contributed by atoms with Crippen LogP contribution < -0.4 is 11.2 Å².